The van der Waals surface area contributed by atoms with Crippen molar-refractivity contribution in [2.45, 2.75) is 6.92 Å². The van der Waals surface area contributed by atoms with Crippen molar-refractivity contribution in [3.05, 3.63) is 42.5 Å². The summed E-state index contributed by atoms with van der Waals surface area (Å²) in [6.45, 7) is 3.17. The van der Waals surface area contributed by atoms with E-state index in [9.17, 15) is 8.42 Å². The average Bonchev–Trinajstić information content (AvgIpc) is 2.38. The molecule has 2 aromatic rings. The van der Waals surface area contributed by atoms with Gasteiger partial charge in [0, 0.05) is 12.2 Å². The van der Waals surface area contributed by atoms with E-state index in [1.807, 2.05) is 43.3 Å². The van der Waals surface area contributed by atoms with Gasteiger partial charge in [-0.25, -0.2) is 8.42 Å². The van der Waals surface area contributed by atoms with Crippen LogP contribution >= 0.6 is 0 Å². The highest BCUT2D eigenvalue weighted by molar-refractivity contribution is 7.92. The van der Waals surface area contributed by atoms with Gasteiger partial charge in [0.25, 0.3) is 0 Å². The van der Waals surface area contributed by atoms with Gasteiger partial charge in [-0.3, -0.25) is 4.72 Å². The molecule has 2 N–H and O–H groups in total. The molecule has 2 aromatic carbocycles. The first-order valence-corrected chi connectivity index (χ1v) is 7.96. The largest absolute Gasteiger partial charge is 0.316 e. The van der Waals surface area contributed by atoms with Crippen LogP contribution in [0, 0.1) is 0 Å². The van der Waals surface area contributed by atoms with Crippen molar-refractivity contribution >= 4 is 26.5 Å². The Balaban J connectivity index is 2.12. The smallest absolute Gasteiger partial charge is 0.233 e. The zero-order chi connectivity index (χ0) is 13.7. The molecule has 4 nitrogen and oxygen atoms in total. The average molecular weight is 278 g/mol. The summed E-state index contributed by atoms with van der Waals surface area (Å²) in [5.74, 6) is 0.0771. The topological polar surface area (TPSA) is 58.2 Å². The Morgan fingerprint density at radius 2 is 1.79 bits per heavy atom. The number of anilines is 1. The van der Waals surface area contributed by atoms with Crippen molar-refractivity contribution in [3.63, 3.8) is 0 Å². The van der Waals surface area contributed by atoms with Gasteiger partial charge in [0.1, 0.15) is 0 Å². The maximum Gasteiger partial charge on any atom is 0.233 e. The molecule has 0 radical (unpaired) electrons. The lowest BCUT2D eigenvalue weighted by atomic mass is 10.1. The fourth-order valence-electron chi connectivity index (χ4n) is 1.87. The van der Waals surface area contributed by atoms with Crippen molar-refractivity contribution in [1.29, 1.82) is 0 Å². The molecule has 0 bridgehead atoms. The first-order chi connectivity index (χ1) is 9.11. The predicted octanol–water partition coefficient (Wildman–Crippen LogP) is 2.19. The fourth-order valence-corrected chi connectivity index (χ4v) is 2.87. The van der Waals surface area contributed by atoms with E-state index in [-0.39, 0.29) is 5.75 Å². The van der Waals surface area contributed by atoms with Crippen LogP contribution in [-0.2, 0) is 10.0 Å². The van der Waals surface area contributed by atoms with E-state index in [2.05, 4.69) is 10.0 Å². The summed E-state index contributed by atoms with van der Waals surface area (Å²) in [6, 6.07) is 13.4. The lowest BCUT2D eigenvalue weighted by Gasteiger charge is -2.09. The van der Waals surface area contributed by atoms with Crippen molar-refractivity contribution in [2.24, 2.45) is 0 Å². The van der Waals surface area contributed by atoms with E-state index >= 15 is 0 Å². The van der Waals surface area contributed by atoms with Crippen LogP contribution in [0.15, 0.2) is 42.5 Å². The Kier molecular flexibility index (Phi) is 4.39. The minimum absolute atomic E-state index is 0.0771. The Hall–Kier alpha value is -1.59. The highest BCUT2D eigenvalue weighted by atomic mass is 32.2. The van der Waals surface area contributed by atoms with Gasteiger partial charge in [-0.2, -0.15) is 0 Å². The monoisotopic (exact) mass is 278 g/mol. The molecule has 102 valence electrons. The first-order valence-electron chi connectivity index (χ1n) is 6.31. The number of rotatable bonds is 6. The third-order valence-corrected chi connectivity index (χ3v) is 4.11. The van der Waals surface area contributed by atoms with Crippen LogP contribution in [0.25, 0.3) is 10.8 Å². The quantitative estimate of drug-likeness (QED) is 0.796. The van der Waals surface area contributed by atoms with Crippen molar-refractivity contribution in [2.75, 3.05) is 23.6 Å². The van der Waals surface area contributed by atoms with E-state index in [1.54, 1.807) is 6.07 Å². The molecular weight excluding hydrogens is 260 g/mol. The molecule has 0 saturated heterocycles. The Bertz CT molecular complexity index is 653. The minimum atomic E-state index is -3.29. The van der Waals surface area contributed by atoms with Crippen LogP contribution in [0.5, 0.6) is 0 Å². The van der Waals surface area contributed by atoms with Crippen LogP contribution in [0.1, 0.15) is 6.92 Å². The van der Waals surface area contributed by atoms with Gasteiger partial charge in [-0.05, 0) is 29.4 Å². The molecule has 0 heterocycles. The molecule has 0 aromatic heterocycles. The summed E-state index contributed by atoms with van der Waals surface area (Å²) in [6.07, 6.45) is 0. The van der Waals surface area contributed by atoms with E-state index in [0.29, 0.717) is 12.2 Å². The number of nitrogens with one attached hydrogen (secondary N) is 2. The van der Waals surface area contributed by atoms with Gasteiger partial charge in [0.15, 0.2) is 0 Å². The second-order valence-corrected chi connectivity index (χ2v) is 6.18. The van der Waals surface area contributed by atoms with Gasteiger partial charge in [-0.15, -0.1) is 0 Å². The van der Waals surface area contributed by atoms with Crippen LogP contribution in [-0.4, -0.2) is 27.3 Å². The number of hydrogen-bond acceptors (Lipinski definition) is 3. The summed E-state index contributed by atoms with van der Waals surface area (Å²) in [7, 11) is -3.29. The van der Waals surface area contributed by atoms with E-state index < -0.39 is 10.0 Å². The zero-order valence-corrected chi connectivity index (χ0v) is 11.7. The van der Waals surface area contributed by atoms with Crippen molar-refractivity contribution in [1.82, 2.24) is 5.32 Å². The molecule has 0 fully saturated rings. The molecule has 0 atom stereocenters. The zero-order valence-electron chi connectivity index (χ0n) is 10.9. The second kappa shape index (κ2) is 6.04. The highest BCUT2D eigenvalue weighted by Crippen LogP contribution is 2.19. The molecule has 0 unspecified atom stereocenters. The second-order valence-electron chi connectivity index (χ2n) is 4.34. The summed E-state index contributed by atoms with van der Waals surface area (Å²) < 4.78 is 26.3. The normalized spacial score (nSPS) is 11.6. The molecular formula is C14H18N2O2S. The molecule has 2 rings (SSSR count). The summed E-state index contributed by atoms with van der Waals surface area (Å²) >= 11 is 0. The lowest BCUT2D eigenvalue weighted by Crippen LogP contribution is -2.26. The van der Waals surface area contributed by atoms with Gasteiger partial charge in [0.05, 0.1) is 5.75 Å². The SMILES string of the molecule is CCNCCS(=O)(=O)Nc1ccc2ccccc2c1. The lowest BCUT2D eigenvalue weighted by molar-refractivity contribution is 0.597. The molecule has 0 aliphatic heterocycles. The Labute approximate surface area is 113 Å². The molecule has 5 heteroatoms. The Morgan fingerprint density at radius 3 is 2.53 bits per heavy atom. The van der Waals surface area contributed by atoms with E-state index in [4.69, 9.17) is 0 Å². The minimum Gasteiger partial charge on any atom is -0.316 e. The van der Waals surface area contributed by atoms with Crippen LogP contribution < -0.4 is 10.0 Å². The number of benzene rings is 2. The third kappa shape index (κ3) is 3.94. The van der Waals surface area contributed by atoms with Crippen LogP contribution in [0.3, 0.4) is 0 Å². The predicted molar refractivity (Wildman–Crippen MR) is 79.9 cm³/mol. The Morgan fingerprint density at radius 1 is 1.05 bits per heavy atom. The molecule has 0 spiro atoms. The van der Waals surface area contributed by atoms with Gasteiger partial charge in [-0.1, -0.05) is 37.3 Å². The summed E-state index contributed by atoms with van der Waals surface area (Å²) in [5.41, 5.74) is 0.607. The molecule has 0 aliphatic carbocycles. The standard InChI is InChI=1S/C14H18N2O2S/c1-2-15-9-10-19(17,18)16-14-8-7-12-5-3-4-6-13(12)11-14/h3-8,11,15-16H,2,9-10H2,1H3. The highest BCUT2D eigenvalue weighted by Gasteiger charge is 2.09. The maximum absolute atomic E-state index is 11.9. The van der Waals surface area contributed by atoms with Gasteiger partial charge in [0.2, 0.25) is 10.0 Å². The molecule has 0 aliphatic rings. The fraction of sp³-hybridized carbons (Fsp3) is 0.286. The number of sulfonamides is 1. The van der Waals surface area contributed by atoms with Crippen LogP contribution in [0.4, 0.5) is 5.69 Å². The van der Waals surface area contributed by atoms with Crippen molar-refractivity contribution < 1.29 is 8.42 Å². The first kappa shape index (κ1) is 13.8. The summed E-state index contributed by atoms with van der Waals surface area (Å²) in [5, 5.41) is 5.12. The van der Waals surface area contributed by atoms with E-state index in [1.165, 1.54) is 0 Å². The number of hydrogen-bond donors (Lipinski definition) is 2. The van der Waals surface area contributed by atoms with Gasteiger partial charge >= 0.3 is 0 Å². The van der Waals surface area contributed by atoms with Crippen molar-refractivity contribution in [3.8, 4) is 0 Å². The van der Waals surface area contributed by atoms with E-state index in [0.717, 1.165) is 17.3 Å². The molecule has 19 heavy (non-hydrogen) atoms. The summed E-state index contributed by atoms with van der Waals surface area (Å²) in [4.78, 5) is 0. The third-order valence-electron chi connectivity index (χ3n) is 2.82. The molecule has 0 amide bonds. The maximum atomic E-state index is 11.9. The van der Waals surface area contributed by atoms with Crippen LogP contribution in [0.2, 0.25) is 0 Å². The molecule has 0 saturated carbocycles. The number of fused-ring (bicyclic) bond motifs is 1. The van der Waals surface area contributed by atoms with Gasteiger partial charge < -0.3 is 5.32 Å².